The summed E-state index contributed by atoms with van der Waals surface area (Å²) in [6.07, 6.45) is 0. The van der Waals surface area contributed by atoms with E-state index in [0.717, 1.165) is 38.4 Å². The van der Waals surface area contributed by atoms with E-state index in [1.165, 1.54) is 6.07 Å². The molecule has 0 bridgehead atoms. The maximum atomic E-state index is 10.9. The third-order valence-electron chi connectivity index (χ3n) is 3.14. The highest BCUT2D eigenvalue weighted by atomic mass is 16.6. The minimum Gasteiger partial charge on any atom is -0.363 e. The van der Waals surface area contributed by atoms with Gasteiger partial charge in [-0.2, -0.15) is 0 Å². The van der Waals surface area contributed by atoms with Crippen molar-refractivity contribution in [1.82, 2.24) is 15.2 Å². The van der Waals surface area contributed by atoms with Gasteiger partial charge in [0.15, 0.2) is 0 Å². The molecule has 0 spiro atoms. The number of hydrogen-bond donors (Lipinski definition) is 2. The molecule has 0 aliphatic carbocycles. The molecule has 0 atom stereocenters. The van der Waals surface area contributed by atoms with Gasteiger partial charge in [0.25, 0.3) is 0 Å². The van der Waals surface area contributed by atoms with Crippen LogP contribution in [0.1, 0.15) is 5.69 Å². The SMILES string of the molecule is Cc1ccc([N+](=O)[O-])c(NCCN2CCNCC2)n1. The van der Waals surface area contributed by atoms with E-state index < -0.39 is 4.92 Å². The van der Waals surface area contributed by atoms with E-state index in [-0.39, 0.29) is 5.69 Å². The average molecular weight is 265 g/mol. The predicted molar refractivity (Wildman–Crippen MR) is 73.4 cm³/mol. The molecule has 1 fully saturated rings. The third kappa shape index (κ3) is 3.87. The van der Waals surface area contributed by atoms with Gasteiger partial charge in [0.2, 0.25) is 5.82 Å². The van der Waals surface area contributed by atoms with Crippen LogP contribution in [-0.2, 0) is 0 Å². The largest absolute Gasteiger partial charge is 0.363 e. The molecule has 7 heteroatoms. The van der Waals surface area contributed by atoms with E-state index in [2.05, 4.69) is 20.5 Å². The van der Waals surface area contributed by atoms with Crippen LogP contribution in [0.25, 0.3) is 0 Å². The maximum Gasteiger partial charge on any atom is 0.311 e. The van der Waals surface area contributed by atoms with Crippen molar-refractivity contribution < 1.29 is 4.92 Å². The summed E-state index contributed by atoms with van der Waals surface area (Å²) in [6, 6.07) is 3.15. The van der Waals surface area contributed by atoms with Crippen LogP contribution >= 0.6 is 0 Å². The molecule has 104 valence electrons. The number of pyridine rings is 1. The zero-order chi connectivity index (χ0) is 13.7. The van der Waals surface area contributed by atoms with E-state index in [9.17, 15) is 10.1 Å². The van der Waals surface area contributed by atoms with Gasteiger partial charge < -0.3 is 10.6 Å². The molecule has 1 saturated heterocycles. The maximum absolute atomic E-state index is 10.9. The molecular weight excluding hydrogens is 246 g/mol. The highest BCUT2D eigenvalue weighted by Gasteiger charge is 2.15. The number of hydrogen-bond acceptors (Lipinski definition) is 6. The summed E-state index contributed by atoms with van der Waals surface area (Å²) in [4.78, 5) is 17.0. The fourth-order valence-electron chi connectivity index (χ4n) is 2.09. The van der Waals surface area contributed by atoms with Crippen molar-refractivity contribution in [2.24, 2.45) is 0 Å². The molecule has 0 unspecified atom stereocenters. The van der Waals surface area contributed by atoms with Crippen LogP contribution in [0.4, 0.5) is 11.5 Å². The Kier molecular flexibility index (Phi) is 4.64. The van der Waals surface area contributed by atoms with E-state index in [1.54, 1.807) is 6.07 Å². The smallest absolute Gasteiger partial charge is 0.311 e. The van der Waals surface area contributed by atoms with Crippen molar-refractivity contribution in [2.45, 2.75) is 6.92 Å². The van der Waals surface area contributed by atoms with Crippen molar-refractivity contribution in [1.29, 1.82) is 0 Å². The number of rotatable bonds is 5. The first-order chi connectivity index (χ1) is 9.16. The zero-order valence-electron chi connectivity index (χ0n) is 11.1. The summed E-state index contributed by atoms with van der Waals surface area (Å²) >= 11 is 0. The normalized spacial score (nSPS) is 16.3. The van der Waals surface area contributed by atoms with Crippen LogP contribution in [0.3, 0.4) is 0 Å². The Hall–Kier alpha value is -1.73. The number of piperazine rings is 1. The van der Waals surface area contributed by atoms with Gasteiger partial charge >= 0.3 is 5.69 Å². The zero-order valence-corrected chi connectivity index (χ0v) is 11.1. The van der Waals surface area contributed by atoms with E-state index >= 15 is 0 Å². The molecule has 19 heavy (non-hydrogen) atoms. The fraction of sp³-hybridized carbons (Fsp3) is 0.583. The first-order valence-corrected chi connectivity index (χ1v) is 6.46. The molecule has 0 aromatic carbocycles. The lowest BCUT2D eigenvalue weighted by atomic mass is 10.3. The van der Waals surface area contributed by atoms with Crippen LogP contribution in [-0.4, -0.2) is 54.1 Å². The number of aromatic nitrogens is 1. The molecule has 2 N–H and O–H groups in total. The number of nitrogens with one attached hydrogen (secondary N) is 2. The summed E-state index contributed by atoms with van der Waals surface area (Å²) < 4.78 is 0. The van der Waals surface area contributed by atoms with E-state index in [4.69, 9.17) is 0 Å². The molecule has 7 nitrogen and oxygen atoms in total. The monoisotopic (exact) mass is 265 g/mol. The van der Waals surface area contributed by atoms with Gasteiger partial charge in [-0.15, -0.1) is 0 Å². The summed E-state index contributed by atoms with van der Waals surface area (Å²) in [5, 5.41) is 17.3. The number of nitro groups is 1. The topological polar surface area (TPSA) is 83.3 Å². The van der Waals surface area contributed by atoms with Crippen LogP contribution in [0, 0.1) is 17.0 Å². The van der Waals surface area contributed by atoms with Gasteiger partial charge in [0, 0.05) is 51.0 Å². The highest BCUT2D eigenvalue weighted by molar-refractivity contribution is 5.56. The minimum absolute atomic E-state index is 0.0333. The minimum atomic E-state index is -0.403. The summed E-state index contributed by atoms with van der Waals surface area (Å²) in [7, 11) is 0. The van der Waals surface area contributed by atoms with E-state index in [0.29, 0.717) is 12.4 Å². The van der Waals surface area contributed by atoms with Crippen molar-refractivity contribution >= 4 is 11.5 Å². The Balaban J connectivity index is 1.91. The van der Waals surface area contributed by atoms with Gasteiger partial charge in [-0.1, -0.05) is 0 Å². The Morgan fingerprint density at radius 2 is 2.21 bits per heavy atom. The standard InChI is InChI=1S/C12H19N5O2/c1-10-2-3-11(17(18)19)12(15-10)14-6-9-16-7-4-13-5-8-16/h2-3,13H,4-9H2,1H3,(H,14,15). The fourth-order valence-corrected chi connectivity index (χ4v) is 2.09. The second-order valence-corrected chi connectivity index (χ2v) is 4.60. The Morgan fingerprint density at radius 1 is 1.47 bits per heavy atom. The molecular formula is C12H19N5O2. The second kappa shape index (κ2) is 6.44. The lowest BCUT2D eigenvalue weighted by Gasteiger charge is -2.27. The Morgan fingerprint density at radius 3 is 2.89 bits per heavy atom. The predicted octanol–water partition coefficient (Wildman–Crippen LogP) is 0.615. The molecule has 2 rings (SSSR count). The molecule has 1 aromatic rings. The molecule has 1 aliphatic rings. The molecule has 0 radical (unpaired) electrons. The number of nitrogens with zero attached hydrogens (tertiary/aromatic N) is 3. The molecule has 0 amide bonds. The number of aryl methyl sites for hydroxylation is 1. The van der Waals surface area contributed by atoms with Gasteiger partial charge in [0.05, 0.1) is 4.92 Å². The summed E-state index contributed by atoms with van der Waals surface area (Å²) in [6.45, 7) is 7.40. The summed E-state index contributed by atoms with van der Waals surface area (Å²) in [5.74, 6) is 0.361. The lowest BCUT2D eigenvalue weighted by molar-refractivity contribution is -0.384. The first-order valence-electron chi connectivity index (χ1n) is 6.46. The third-order valence-corrected chi connectivity index (χ3v) is 3.14. The number of anilines is 1. The average Bonchev–Trinajstić information content (AvgIpc) is 2.39. The van der Waals surface area contributed by atoms with Crippen LogP contribution in [0.2, 0.25) is 0 Å². The van der Waals surface area contributed by atoms with Crippen molar-refractivity contribution in [2.75, 3.05) is 44.6 Å². The lowest BCUT2D eigenvalue weighted by Crippen LogP contribution is -2.45. The van der Waals surface area contributed by atoms with E-state index in [1.807, 2.05) is 6.92 Å². The van der Waals surface area contributed by atoms with Crippen LogP contribution < -0.4 is 10.6 Å². The van der Waals surface area contributed by atoms with Gasteiger partial charge in [0.1, 0.15) is 0 Å². The second-order valence-electron chi connectivity index (χ2n) is 4.60. The molecule has 1 aromatic heterocycles. The Labute approximate surface area is 112 Å². The van der Waals surface area contributed by atoms with Gasteiger partial charge in [-0.3, -0.25) is 15.0 Å². The summed E-state index contributed by atoms with van der Waals surface area (Å²) in [5.41, 5.74) is 0.807. The molecule has 0 saturated carbocycles. The van der Waals surface area contributed by atoms with Gasteiger partial charge in [-0.05, 0) is 13.0 Å². The van der Waals surface area contributed by atoms with Crippen LogP contribution in [0.5, 0.6) is 0 Å². The molecule has 1 aliphatic heterocycles. The van der Waals surface area contributed by atoms with Crippen LogP contribution in [0.15, 0.2) is 12.1 Å². The van der Waals surface area contributed by atoms with Gasteiger partial charge in [-0.25, -0.2) is 4.98 Å². The van der Waals surface area contributed by atoms with Crippen molar-refractivity contribution in [3.05, 3.63) is 27.9 Å². The Bertz CT molecular complexity index is 446. The highest BCUT2D eigenvalue weighted by Crippen LogP contribution is 2.21. The molecule has 2 heterocycles. The first kappa shape index (κ1) is 13.7. The van der Waals surface area contributed by atoms with Crippen molar-refractivity contribution in [3.8, 4) is 0 Å². The quantitative estimate of drug-likeness (QED) is 0.599. The van der Waals surface area contributed by atoms with Crippen molar-refractivity contribution in [3.63, 3.8) is 0 Å².